The molecule has 0 aromatic heterocycles. The number of hydrogen-bond donors (Lipinski definition) is 0. The number of carbonyl (C=O) groups is 2. The molecule has 0 amide bonds. The second-order valence-corrected chi connectivity index (χ2v) is 4.69. The van der Waals surface area contributed by atoms with E-state index >= 15 is 0 Å². The van der Waals surface area contributed by atoms with Gasteiger partial charge < -0.3 is 9.47 Å². The van der Waals surface area contributed by atoms with Crippen molar-refractivity contribution in [3.63, 3.8) is 0 Å². The van der Waals surface area contributed by atoms with Gasteiger partial charge in [-0.15, -0.1) is 0 Å². The van der Waals surface area contributed by atoms with E-state index in [2.05, 4.69) is 0 Å². The third-order valence-electron chi connectivity index (χ3n) is 2.83. The van der Waals surface area contributed by atoms with Crippen LogP contribution in [0, 0.1) is 5.82 Å². The molecule has 4 nitrogen and oxygen atoms in total. The number of hydrogen-bond acceptors (Lipinski definition) is 4. The fraction of sp³-hybridized carbons (Fsp3) is 0.500. The Labute approximate surface area is 124 Å². The highest BCUT2D eigenvalue weighted by molar-refractivity contribution is 5.72. The van der Waals surface area contributed by atoms with Gasteiger partial charge in [0.15, 0.2) is 11.6 Å². The average molecular weight is 296 g/mol. The smallest absolute Gasteiger partial charge is 0.311 e. The molecule has 0 saturated heterocycles. The number of para-hydroxylation sites is 1. The SMILES string of the molecule is CCCCOC(=O)CCCCC(=O)Oc1ccccc1F. The molecule has 116 valence electrons. The second-order valence-electron chi connectivity index (χ2n) is 4.69. The van der Waals surface area contributed by atoms with Crippen LogP contribution in [0.4, 0.5) is 4.39 Å². The summed E-state index contributed by atoms with van der Waals surface area (Å²) >= 11 is 0. The monoisotopic (exact) mass is 296 g/mol. The number of carbonyl (C=O) groups excluding carboxylic acids is 2. The van der Waals surface area contributed by atoms with Gasteiger partial charge in [0, 0.05) is 12.8 Å². The van der Waals surface area contributed by atoms with Gasteiger partial charge in [0.05, 0.1) is 6.61 Å². The zero-order chi connectivity index (χ0) is 15.5. The summed E-state index contributed by atoms with van der Waals surface area (Å²) in [5.41, 5.74) is 0. The highest BCUT2D eigenvalue weighted by atomic mass is 19.1. The Morgan fingerprint density at radius 1 is 1.05 bits per heavy atom. The van der Waals surface area contributed by atoms with E-state index in [1.54, 1.807) is 6.07 Å². The third-order valence-corrected chi connectivity index (χ3v) is 2.83. The maximum atomic E-state index is 13.3. The number of halogens is 1. The Balaban J connectivity index is 2.14. The maximum absolute atomic E-state index is 13.3. The molecule has 21 heavy (non-hydrogen) atoms. The normalized spacial score (nSPS) is 10.2. The summed E-state index contributed by atoms with van der Waals surface area (Å²) in [7, 11) is 0. The molecular formula is C16H21FO4. The summed E-state index contributed by atoms with van der Waals surface area (Å²) in [4.78, 5) is 22.8. The van der Waals surface area contributed by atoms with Crippen LogP contribution >= 0.6 is 0 Å². The van der Waals surface area contributed by atoms with Gasteiger partial charge >= 0.3 is 11.9 Å². The summed E-state index contributed by atoms with van der Waals surface area (Å²) < 4.78 is 23.2. The Bertz CT molecular complexity index is 459. The predicted molar refractivity (Wildman–Crippen MR) is 76.4 cm³/mol. The molecule has 0 bridgehead atoms. The lowest BCUT2D eigenvalue weighted by atomic mass is 10.2. The van der Waals surface area contributed by atoms with Crippen LogP contribution in [0.3, 0.4) is 0 Å². The largest absolute Gasteiger partial charge is 0.466 e. The molecule has 0 N–H and O–H groups in total. The highest BCUT2D eigenvalue weighted by Crippen LogP contribution is 2.16. The first-order chi connectivity index (χ1) is 10.1. The van der Waals surface area contributed by atoms with E-state index in [0.29, 0.717) is 19.4 Å². The van der Waals surface area contributed by atoms with Crippen molar-refractivity contribution in [1.82, 2.24) is 0 Å². The van der Waals surface area contributed by atoms with Crippen molar-refractivity contribution in [2.75, 3.05) is 6.61 Å². The Morgan fingerprint density at radius 3 is 2.38 bits per heavy atom. The minimum Gasteiger partial charge on any atom is -0.466 e. The van der Waals surface area contributed by atoms with Crippen molar-refractivity contribution in [3.8, 4) is 5.75 Å². The molecule has 0 aliphatic rings. The lowest BCUT2D eigenvalue weighted by Crippen LogP contribution is -2.09. The van der Waals surface area contributed by atoms with Gasteiger partial charge in [-0.1, -0.05) is 25.5 Å². The zero-order valence-electron chi connectivity index (χ0n) is 12.3. The van der Waals surface area contributed by atoms with Crippen molar-refractivity contribution >= 4 is 11.9 Å². The minimum atomic E-state index is -0.564. The molecule has 0 radical (unpaired) electrons. The van der Waals surface area contributed by atoms with Crippen LogP contribution in [0.5, 0.6) is 5.75 Å². The van der Waals surface area contributed by atoms with E-state index in [1.165, 1.54) is 18.2 Å². The molecule has 1 aromatic carbocycles. The van der Waals surface area contributed by atoms with E-state index in [9.17, 15) is 14.0 Å². The molecule has 0 heterocycles. The molecule has 0 aliphatic heterocycles. The molecule has 0 unspecified atom stereocenters. The first-order valence-electron chi connectivity index (χ1n) is 7.24. The third kappa shape index (κ3) is 7.44. The summed E-state index contributed by atoms with van der Waals surface area (Å²) in [5, 5.41) is 0. The molecule has 0 spiro atoms. The van der Waals surface area contributed by atoms with Crippen molar-refractivity contribution in [3.05, 3.63) is 30.1 Å². The Morgan fingerprint density at radius 2 is 1.71 bits per heavy atom. The molecule has 1 aromatic rings. The summed E-state index contributed by atoms with van der Waals surface area (Å²) in [5.74, 6) is -1.38. The number of unbranched alkanes of at least 4 members (excludes halogenated alkanes) is 2. The van der Waals surface area contributed by atoms with Crippen LogP contribution in [0.15, 0.2) is 24.3 Å². The van der Waals surface area contributed by atoms with Gasteiger partial charge in [-0.2, -0.15) is 0 Å². The molecular weight excluding hydrogens is 275 g/mol. The summed E-state index contributed by atoms with van der Waals surface area (Å²) in [6, 6.07) is 5.75. The van der Waals surface area contributed by atoms with E-state index in [-0.39, 0.29) is 24.6 Å². The Kier molecular flexibility index (Phi) is 8.09. The zero-order valence-corrected chi connectivity index (χ0v) is 12.3. The van der Waals surface area contributed by atoms with Crippen molar-refractivity contribution < 1.29 is 23.5 Å². The van der Waals surface area contributed by atoms with Crippen molar-refractivity contribution in [1.29, 1.82) is 0 Å². The fourth-order valence-corrected chi connectivity index (χ4v) is 1.64. The standard InChI is InChI=1S/C16H21FO4/c1-2-3-12-20-15(18)10-6-7-11-16(19)21-14-9-5-4-8-13(14)17/h4-5,8-9H,2-3,6-7,10-12H2,1H3. The predicted octanol–water partition coefficient (Wildman–Crippen LogP) is 3.63. The van der Waals surface area contributed by atoms with Gasteiger partial charge in [0.2, 0.25) is 0 Å². The van der Waals surface area contributed by atoms with Gasteiger partial charge in [0.1, 0.15) is 0 Å². The quantitative estimate of drug-likeness (QED) is 0.396. The van der Waals surface area contributed by atoms with E-state index in [4.69, 9.17) is 9.47 Å². The molecule has 0 aliphatic carbocycles. The first-order valence-corrected chi connectivity index (χ1v) is 7.24. The van der Waals surface area contributed by atoms with E-state index in [1.807, 2.05) is 6.92 Å². The lowest BCUT2D eigenvalue weighted by molar-refractivity contribution is -0.144. The molecule has 0 fully saturated rings. The maximum Gasteiger partial charge on any atom is 0.311 e. The fourth-order valence-electron chi connectivity index (χ4n) is 1.64. The van der Waals surface area contributed by atoms with E-state index in [0.717, 1.165) is 12.8 Å². The Hall–Kier alpha value is -1.91. The van der Waals surface area contributed by atoms with Gasteiger partial charge in [-0.05, 0) is 31.4 Å². The van der Waals surface area contributed by atoms with Gasteiger partial charge in [0.25, 0.3) is 0 Å². The number of rotatable bonds is 9. The average Bonchev–Trinajstić information content (AvgIpc) is 2.46. The van der Waals surface area contributed by atoms with Crippen LogP contribution in [0.25, 0.3) is 0 Å². The van der Waals surface area contributed by atoms with Crippen LogP contribution < -0.4 is 4.74 Å². The minimum absolute atomic E-state index is 0.0681. The molecule has 0 saturated carbocycles. The number of benzene rings is 1. The number of ether oxygens (including phenoxy) is 2. The topological polar surface area (TPSA) is 52.6 Å². The number of esters is 2. The molecule has 5 heteroatoms. The van der Waals surface area contributed by atoms with Gasteiger partial charge in [-0.25, -0.2) is 4.39 Å². The summed E-state index contributed by atoms with van der Waals surface area (Å²) in [6.07, 6.45) is 3.34. The van der Waals surface area contributed by atoms with Crippen LogP contribution in [0.2, 0.25) is 0 Å². The highest BCUT2D eigenvalue weighted by Gasteiger charge is 2.09. The first kappa shape index (κ1) is 17.1. The summed E-state index contributed by atoms with van der Waals surface area (Å²) in [6.45, 7) is 2.47. The van der Waals surface area contributed by atoms with Crippen molar-refractivity contribution in [2.45, 2.75) is 45.4 Å². The molecule has 0 atom stereocenters. The van der Waals surface area contributed by atoms with Crippen molar-refractivity contribution in [2.24, 2.45) is 0 Å². The van der Waals surface area contributed by atoms with Gasteiger partial charge in [-0.3, -0.25) is 9.59 Å². The lowest BCUT2D eigenvalue weighted by Gasteiger charge is -2.05. The second kappa shape index (κ2) is 9.91. The van der Waals surface area contributed by atoms with Crippen LogP contribution in [-0.4, -0.2) is 18.5 Å². The molecule has 1 rings (SSSR count). The van der Waals surface area contributed by atoms with Crippen LogP contribution in [-0.2, 0) is 14.3 Å². The van der Waals surface area contributed by atoms with Crippen LogP contribution in [0.1, 0.15) is 45.4 Å². The van der Waals surface area contributed by atoms with E-state index < -0.39 is 11.8 Å².